The van der Waals surface area contributed by atoms with E-state index >= 15 is 0 Å². The Morgan fingerprint density at radius 1 is 1.23 bits per heavy atom. The lowest BCUT2D eigenvalue weighted by atomic mass is 10.1. The van der Waals surface area contributed by atoms with Gasteiger partial charge in [-0.05, 0) is 36.1 Å². The van der Waals surface area contributed by atoms with Crippen molar-refractivity contribution in [2.45, 2.75) is 11.5 Å². The van der Waals surface area contributed by atoms with Crippen molar-refractivity contribution in [2.24, 2.45) is 0 Å². The topological polar surface area (TPSA) is 90.7 Å². The highest BCUT2D eigenvalue weighted by atomic mass is 32.2. The van der Waals surface area contributed by atoms with Crippen LogP contribution in [-0.2, 0) is 16.1 Å². The molecule has 2 rings (SSSR count). The van der Waals surface area contributed by atoms with Crippen molar-refractivity contribution in [3.8, 4) is 0 Å². The van der Waals surface area contributed by atoms with E-state index in [2.05, 4.69) is 5.32 Å². The van der Waals surface area contributed by atoms with Crippen LogP contribution in [0.1, 0.15) is 15.9 Å². The van der Waals surface area contributed by atoms with E-state index in [1.165, 1.54) is 18.2 Å². The zero-order valence-electron chi connectivity index (χ0n) is 14.6. The first-order chi connectivity index (χ1) is 12.5. The van der Waals surface area contributed by atoms with Gasteiger partial charge in [0.2, 0.25) is 0 Å². The second kappa shape index (κ2) is 9.79. The summed E-state index contributed by atoms with van der Waals surface area (Å²) in [5.41, 5.74) is 1.13. The second-order valence-electron chi connectivity index (χ2n) is 5.33. The first-order valence-corrected chi connectivity index (χ1v) is 9.09. The molecule has 0 fully saturated rings. The largest absolute Gasteiger partial charge is 0.457 e. The molecule has 0 aliphatic heterocycles. The van der Waals surface area contributed by atoms with Crippen LogP contribution >= 0.6 is 11.8 Å². The van der Waals surface area contributed by atoms with Gasteiger partial charge in [-0.1, -0.05) is 12.1 Å². The van der Waals surface area contributed by atoms with Crippen molar-refractivity contribution in [3.63, 3.8) is 0 Å². The zero-order chi connectivity index (χ0) is 18.9. The molecule has 26 heavy (non-hydrogen) atoms. The number of esters is 1. The lowest BCUT2D eigenvalue weighted by Gasteiger charge is -2.09. The van der Waals surface area contributed by atoms with Crippen molar-refractivity contribution < 1.29 is 19.2 Å². The van der Waals surface area contributed by atoms with Gasteiger partial charge >= 0.3 is 5.97 Å². The number of carbonyl (C=O) groups excluding carboxylic acids is 1. The maximum absolute atomic E-state index is 12.2. The minimum absolute atomic E-state index is 0.106. The highest BCUT2D eigenvalue weighted by Gasteiger charge is 2.18. The van der Waals surface area contributed by atoms with Crippen LogP contribution in [0.4, 0.5) is 11.4 Å². The van der Waals surface area contributed by atoms with E-state index in [0.29, 0.717) is 18.8 Å². The number of nitrogens with zero attached hydrogens (tertiary/aromatic N) is 1. The molecule has 0 amide bonds. The van der Waals surface area contributed by atoms with Crippen molar-refractivity contribution in [1.82, 2.24) is 0 Å². The van der Waals surface area contributed by atoms with E-state index in [9.17, 15) is 14.9 Å². The average Bonchev–Trinajstić information content (AvgIpc) is 2.66. The van der Waals surface area contributed by atoms with Gasteiger partial charge in [0.25, 0.3) is 5.69 Å². The van der Waals surface area contributed by atoms with Crippen LogP contribution in [0, 0.1) is 10.1 Å². The number of nitrogens with one attached hydrogen (secondary N) is 1. The van der Waals surface area contributed by atoms with Crippen LogP contribution in [0.25, 0.3) is 0 Å². The molecule has 2 aromatic carbocycles. The van der Waals surface area contributed by atoms with Gasteiger partial charge in [0.05, 0.1) is 17.1 Å². The maximum Gasteiger partial charge on any atom is 0.338 e. The van der Waals surface area contributed by atoms with E-state index in [-0.39, 0.29) is 17.9 Å². The second-order valence-corrected chi connectivity index (χ2v) is 6.21. The monoisotopic (exact) mass is 376 g/mol. The normalized spacial score (nSPS) is 10.4. The molecule has 0 aliphatic carbocycles. The molecule has 0 aromatic heterocycles. The number of rotatable bonds is 9. The molecule has 1 N–H and O–H groups in total. The van der Waals surface area contributed by atoms with Gasteiger partial charge in [-0.15, -0.1) is 11.8 Å². The number of anilines is 1. The lowest BCUT2D eigenvalue weighted by Crippen LogP contribution is -2.11. The summed E-state index contributed by atoms with van der Waals surface area (Å²) in [5.74, 6) is -0.606. The highest BCUT2D eigenvalue weighted by Crippen LogP contribution is 2.26. The van der Waals surface area contributed by atoms with Crippen LogP contribution in [0.3, 0.4) is 0 Å². The third-order valence-electron chi connectivity index (χ3n) is 3.58. The number of hydrogen-bond acceptors (Lipinski definition) is 7. The Labute approximate surface area is 155 Å². The summed E-state index contributed by atoms with van der Waals surface area (Å²) in [6, 6.07) is 11.9. The molecule has 0 bridgehead atoms. The summed E-state index contributed by atoms with van der Waals surface area (Å²) >= 11 is 1.63. The number of methoxy groups -OCH3 is 1. The van der Waals surface area contributed by atoms with Gasteiger partial charge in [-0.25, -0.2) is 4.79 Å². The molecular weight excluding hydrogens is 356 g/mol. The number of thioether (sulfide) groups is 1. The lowest BCUT2D eigenvalue weighted by molar-refractivity contribution is -0.384. The van der Waals surface area contributed by atoms with Crippen molar-refractivity contribution in [1.29, 1.82) is 0 Å². The van der Waals surface area contributed by atoms with Gasteiger partial charge in [-0.2, -0.15) is 0 Å². The predicted molar refractivity (Wildman–Crippen MR) is 101 cm³/mol. The van der Waals surface area contributed by atoms with Crippen LogP contribution in [0.5, 0.6) is 0 Å². The molecule has 138 valence electrons. The molecule has 0 atom stereocenters. The minimum atomic E-state index is -0.606. The van der Waals surface area contributed by atoms with Gasteiger partial charge in [0, 0.05) is 24.6 Å². The van der Waals surface area contributed by atoms with Gasteiger partial charge in [0.1, 0.15) is 12.3 Å². The van der Waals surface area contributed by atoms with E-state index in [0.717, 1.165) is 10.5 Å². The molecular formula is C18H20N2O5S. The Morgan fingerprint density at radius 3 is 2.58 bits per heavy atom. The fraction of sp³-hybridized carbons (Fsp3) is 0.278. The number of ether oxygens (including phenoxy) is 2. The zero-order valence-corrected chi connectivity index (χ0v) is 15.4. The summed E-state index contributed by atoms with van der Waals surface area (Å²) in [6.45, 7) is 0.943. The van der Waals surface area contributed by atoms with Crippen LogP contribution in [0.15, 0.2) is 47.4 Å². The molecule has 2 aromatic rings. The molecule has 0 spiro atoms. The molecule has 7 nitrogen and oxygen atoms in total. The standard InChI is InChI=1S/C18H20N2O5S/c1-24-10-9-19-16-8-5-14(11-17(16)20(22)23)18(21)25-12-13-3-6-15(26-2)7-4-13/h3-8,11,19H,9-10,12H2,1-2H3. The summed E-state index contributed by atoms with van der Waals surface area (Å²) in [5, 5.41) is 14.2. The van der Waals surface area contributed by atoms with Crippen molar-refractivity contribution >= 4 is 29.1 Å². The third-order valence-corrected chi connectivity index (χ3v) is 4.32. The van der Waals surface area contributed by atoms with Crippen LogP contribution in [0.2, 0.25) is 0 Å². The Kier molecular flexibility index (Phi) is 7.43. The van der Waals surface area contributed by atoms with E-state index < -0.39 is 10.9 Å². The fourth-order valence-corrected chi connectivity index (χ4v) is 2.61. The van der Waals surface area contributed by atoms with Crippen LogP contribution in [-0.4, -0.2) is 37.4 Å². The SMILES string of the molecule is COCCNc1ccc(C(=O)OCc2ccc(SC)cc2)cc1[N+](=O)[O-]. The maximum atomic E-state index is 12.2. The van der Waals surface area contributed by atoms with Gasteiger partial charge in [-0.3, -0.25) is 10.1 Å². The first kappa shape index (κ1) is 19.7. The van der Waals surface area contributed by atoms with Gasteiger partial charge < -0.3 is 14.8 Å². The summed E-state index contributed by atoms with van der Waals surface area (Å²) in [4.78, 5) is 24.0. The summed E-state index contributed by atoms with van der Waals surface area (Å²) < 4.78 is 10.2. The highest BCUT2D eigenvalue weighted by molar-refractivity contribution is 7.98. The number of carbonyl (C=O) groups is 1. The van der Waals surface area contributed by atoms with Crippen LogP contribution < -0.4 is 5.32 Å². The summed E-state index contributed by atoms with van der Waals surface area (Å²) in [7, 11) is 1.55. The smallest absolute Gasteiger partial charge is 0.338 e. The van der Waals surface area contributed by atoms with Crippen molar-refractivity contribution in [3.05, 3.63) is 63.7 Å². The number of nitro benzene ring substituents is 1. The third kappa shape index (κ3) is 5.47. The minimum Gasteiger partial charge on any atom is -0.457 e. The number of benzene rings is 2. The number of hydrogen-bond donors (Lipinski definition) is 1. The molecule has 0 saturated carbocycles. The van der Waals surface area contributed by atoms with E-state index in [1.54, 1.807) is 18.9 Å². The van der Waals surface area contributed by atoms with Gasteiger partial charge in [0.15, 0.2) is 0 Å². The molecule has 8 heteroatoms. The predicted octanol–water partition coefficient (Wildman–Crippen LogP) is 3.73. The Bertz CT molecular complexity index is 765. The Balaban J connectivity index is 2.05. The quantitative estimate of drug-likeness (QED) is 0.234. The van der Waals surface area contributed by atoms with Crippen molar-refractivity contribution in [2.75, 3.05) is 31.8 Å². The molecule has 0 saturated heterocycles. The fourth-order valence-electron chi connectivity index (χ4n) is 2.20. The molecule has 0 radical (unpaired) electrons. The first-order valence-electron chi connectivity index (χ1n) is 7.86. The molecule has 0 heterocycles. The molecule has 0 unspecified atom stereocenters. The number of nitro groups is 1. The Hall–Kier alpha value is -2.58. The summed E-state index contributed by atoms with van der Waals surface area (Å²) in [6.07, 6.45) is 1.98. The average molecular weight is 376 g/mol. The van der Waals surface area contributed by atoms with E-state index in [1.807, 2.05) is 30.5 Å². The Morgan fingerprint density at radius 2 is 1.96 bits per heavy atom. The molecule has 0 aliphatic rings. The van der Waals surface area contributed by atoms with E-state index in [4.69, 9.17) is 9.47 Å².